The Bertz CT molecular complexity index is 162. The van der Waals surface area contributed by atoms with Crippen LogP contribution in [0.25, 0.3) is 0 Å². The fourth-order valence-electron chi connectivity index (χ4n) is 0.571. The molecular weight excluding hydrogens is 144 g/mol. The maximum atomic E-state index is 10.7. The summed E-state index contributed by atoms with van der Waals surface area (Å²) in [6.07, 6.45) is 5.01. The molecule has 0 aromatic heterocycles. The van der Waals surface area contributed by atoms with Gasteiger partial charge in [-0.3, -0.25) is 15.4 Å². The zero-order chi connectivity index (χ0) is 8.69. The number of hydrogen-bond donors (Lipinski definition) is 1. The molecule has 11 heavy (non-hydrogen) atoms. The molecule has 0 saturated carbocycles. The quantitative estimate of drug-likeness (QED) is 0.322. The fraction of sp³-hybridized carbons (Fsp3) is 0.571. The van der Waals surface area contributed by atoms with E-state index in [2.05, 4.69) is 10.7 Å². The standard InChI is InChI=1S/C7H12N2O2/c1-3-4-9(2)5-7(10)11-6-8/h1H,4-6,8H2,2H3. The van der Waals surface area contributed by atoms with Crippen molar-refractivity contribution >= 4 is 5.97 Å². The molecule has 0 rings (SSSR count). The SMILES string of the molecule is C#CCN(C)CC(=O)OCN. The van der Waals surface area contributed by atoms with Gasteiger partial charge in [-0.2, -0.15) is 0 Å². The van der Waals surface area contributed by atoms with Crippen LogP contribution in [-0.4, -0.2) is 37.7 Å². The number of likely N-dealkylation sites (N-methyl/N-ethyl adjacent to an activating group) is 1. The average Bonchev–Trinajstić information content (AvgIpc) is 1.87. The molecule has 0 amide bonds. The van der Waals surface area contributed by atoms with Crippen molar-refractivity contribution in [1.82, 2.24) is 4.90 Å². The highest BCUT2D eigenvalue weighted by atomic mass is 16.5. The second-order valence-corrected chi connectivity index (χ2v) is 2.06. The third kappa shape index (κ3) is 5.40. The second-order valence-electron chi connectivity index (χ2n) is 2.06. The molecular formula is C7H12N2O2. The number of hydrogen-bond acceptors (Lipinski definition) is 4. The number of rotatable bonds is 4. The van der Waals surface area contributed by atoms with Crippen LogP contribution in [0.2, 0.25) is 0 Å². The molecule has 4 nitrogen and oxygen atoms in total. The summed E-state index contributed by atoms with van der Waals surface area (Å²) in [6.45, 7) is 0.532. The van der Waals surface area contributed by atoms with Crippen LogP contribution >= 0.6 is 0 Å². The molecule has 0 fully saturated rings. The summed E-state index contributed by atoms with van der Waals surface area (Å²) < 4.78 is 4.49. The minimum Gasteiger partial charge on any atom is -0.449 e. The Morgan fingerprint density at radius 3 is 2.91 bits per heavy atom. The van der Waals surface area contributed by atoms with Crippen LogP contribution < -0.4 is 5.73 Å². The van der Waals surface area contributed by atoms with E-state index in [4.69, 9.17) is 12.2 Å². The molecule has 0 heterocycles. The van der Waals surface area contributed by atoms with Crippen LogP contribution in [0.5, 0.6) is 0 Å². The number of carbonyl (C=O) groups excluding carboxylic acids is 1. The average molecular weight is 156 g/mol. The number of nitrogens with two attached hydrogens (primary N) is 1. The molecule has 0 saturated heterocycles. The van der Waals surface area contributed by atoms with Gasteiger partial charge in [0.15, 0.2) is 0 Å². The molecule has 0 bridgehead atoms. The zero-order valence-corrected chi connectivity index (χ0v) is 6.54. The van der Waals surface area contributed by atoms with Crippen molar-refractivity contribution < 1.29 is 9.53 Å². The summed E-state index contributed by atoms with van der Waals surface area (Å²) >= 11 is 0. The summed E-state index contributed by atoms with van der Waals surface area (Å²) in [5, 5.41) is 0. The lowest BCUT2D eigenvalue weighted by atomic mass is 10.5. The molecule has 0 radical (unpaired) electrons. The lowest BCUT2D eigenvalue weighted by Crippen LogP contribution is -2.28. The molecule has 0 aliphatic rings. The minimum atomic E-state index is -0.356. The largest absolute Gasteiger partial charge is 0.449 e. The van der Waals surface area contributed by atoms with E-state index in [-0.39, 0.29) is 19.2 Å². The van der Waals surface area contributed by atoms with Crippen molar-refractivity contribution in [2.24, 2.45) is 5.73 Å². The molecule has 0 aliphatic carbocycles. The van der Waals surface area contributed by atoms with E-state index < -0.39 is 0 Å². The van der Waals surface area contributed by atoms with Crippen molar-refractivity contribution in [2.45, 2.75) is 0 Å². The van der Waals surface area contributed by atoms with E-state index >= 15 is 0 Å². The Balaban J connectivity index is 3.50. The molecule has 62 valence electrons. The molecule has 0 spiro atoms. The number of nitrogens with zero attached hydrogens (tertiary/aromatic N) is 1. The Hall–Kier alpha value is -1.05. The number of ether oxygens (including phenoxy) is 1. The van der Waals surface area contributed by atoms with Gasteiger partial charge in [0.1, 0.15) is 6.73 Å². The van der Waals surface area contributed by atoms with Crippen LogP contribution in [-0.2, 0) is 9.53 Å². The van der Waals surface area contributed by atoms with Crippen molar-refractivity contribution in [1.29, 1.82) is 0 Å². The van der Waals surface area contributed by atoms with Crippen molar-refractivity contribution in [3.63, 3.8) is 0 Å². The summed E-state index contributed by atoms with van der Waals surface area (Å²) in [4.78, 5) is 12.4. The first-order valence-corrected chi connectivity index (χ1v) is 3.18. The molecule has 0 atom stereocenters. The van der Waals surface area contributed by atoms with Crippen LogP contribution in [0.15, 0.2) is 0 Å². The number of carbonyl (C=O) groups is 1. The van der Waals surface area contributed by atoms with Gasteiger partial charge in [-0.15, -0.1) is 6.42 Å². The maximum Gasteiger partial charge on any atom is 0.321 e. The summed E-state index contributed by atoms with van der Waals surface area (Å²) in [7, 11) is 1.73. The first-order valence-electron chi connectivity index (χ1n) is 3.18. The van der Waals surface area contributed by atoms with Crippen LogP contribution in [0.3, 0.4) is 0 Å². The fourth-order valence-corrected chi connectivity index (χ4v) is 0.571. The summed E-state index contributed by atoms with van der Waals surface area (Å²) in [5.41, 5.74) is 4.98. The topological polar surface area (TPSA) is 55.6 Å². The van der Waals surface area contributed by atoms with Gasteiger partial charge in [-0.05, 0) is 7.05 Å². The third-order valence-electron chi connectivity index (χ3n) is 1.00. The van der Waals surface area contributed by atoms with E-state index in [0.29, 0.717) is 6.54 Å². The van der Waals surface area contributed by atoms with Crippen molar-refractivity contribution in [3.05, 3.63) is 0 Å². The Morgan fingerprint density at radius 1 is 1.82 bits per heavy atom. The van der Waals surface area contributed by atoms with E-state index in [0.717, 1.165) is 0 Å². The summed E-state index contributed by atoms with van der Waals surface area (Å²) in [6, 6.07) is 0. The Kier molecular flexibility index (Phi) is 5.17. The smallest absolute Gasteiger partial charge is 0.321 e. The minimum absolute atomic E-state index is 0.0806. The molecule has 4 heteroatoms. The van der Waals surface area contributed by atoms with Gasteiger partial charge < -0.3 is 4.74 Å². The van der Waals surface area contributed by atoms with Gasteiger partial charge in [-0.1, -0.05) is 5.92 Å². The monoisotopic (exact) mass is 156 g/mol. The van der Waals surface area contributed by atoms with E-state index in [1.54, 1.807) is 11.9 Å². The van der Waals surface area contributed by atoms with E-state index in [1.165, 1.54) is 0 Å². The molecule has 2 N–H and O–H groups in total. The predicted octanol–water partition coefficient (Wildman–Crippen LogP) is -0.989. The lowest BCUT2D eigenvalue weighted by molar-refractivity contribution is -0.144. The highest BCUT2D eigenvalue weighted by Crippen LogP contribution is 1.82. The third-order valence-corrected chi connectivity index (χ3v) is 1.00. The number of terminal acetylenes is 1. The van der Waals surface area contributed by atoms with Gasteiger partial charge >= 0.3 is 5.97 Å². The molecule has 0 aliphatic heterocycles. The first kappa shape index (κ1) is 9.95. The van der Waals surface area contributed by atoms with Gasteiger partial charge in [0, 0.05) is 0 Å². The van der Waals surface area contributed by atoms with Gasteiger partial charge in [-0.25, -0.2) is 0 Å². The number of esters is 1. The Labute approximate surface area is 66.3 Å². The summed E-state index contributed by atoms with van der Waals surface area (Å²) in [5.74, 6) is 2.05. The van der Waals surface area contributed by atoms with E-state index in [9.17, 15) is 4.79 Å². The predicted molar refractivity (Wildman–Crippen MR) is 41.5 cm³/mol. The van der Waals surface area contributed by atoms with Crippen molar-refractivity contribution in [3.8, 4) is 12.3 Å². The molecule has 0 aromatic carbocycles. The van der Waals surface area contributed by atoms with Gasteiger partial charge in [0.05, 0.1) is 13.1 Å². The lowest BCUT2D eigenvalue weighted by Gasteiger charge is -2.10. The molecule has 0 unspecified atom stereocenters. The van der Waals surface area contributed by atoms with Gasteiger partial charge in [0.25, 0.3) is 0 Å². The normalized spacial score (nSPS) is 9.27. The van der Waals surface area contributed by atoms with Gasteiger partial charge in [0.2, 0.25) is 0 Å². The molecule has 0 aromatic rings. The van der Waals surface area contributed by atoms with Crippen molar-refractivity contribution in [2.75, 3.05) is 26.9 Å². The zero-order valence-electron chi connectivity index (χ0n) is 6.54. The second kappa shape index (κ2) is 5.71. The first-order chi connectivity index (χ1) is 5.20. The van der Waals surface area contributed by atoms with E-state index in [1.807, 2.05) is 0 Å². The Morgan fingerprint density at radius 2 is 2.45 bits per heavy atom. The highest BCUT2D eigenvalue weighted by molar-refractivity contribution is 5.71. The van der Waals surface area contributed by atoms with Crippen LogP contribution in [0.4, 0.5) is 0 Å². The van der Waals surface area contributed by atoms with Crippen LogP contribution in [0.1, 0.15) is 0 Å². The maximum absolute atomic E-state index is 10.7. The van der Waals surface area contributed by atoms with Crippen LogP contribution in [0, 0.1) is 12.3 Å². The highest BCUT2D eigenvalue weighted by Gasteiger charge is 2.04.